The van der Waals surface area contributed by atoms with Gasteiger partial charge in [-0.15, -0.1) is 0 Å². The Morgan fingerprint density at radius 2 is 0.611 bits per heavy atom. The van der Waals surface area contributed by atoms with E-state index in [1.165, 1.54) is 24.3 Å². The van der Waals surface area contributed by atoms with Crippen LogP contribution in [0.4, 0.5) is 26.3 Å². The molecule has 2 nitrogen and oxygen atoms in total. The van der Waals surface area contributed by atoms with Crippen molar-refractivity contribution in [1.29, 1.82) is 0 Å². The number of benzene rings is 6. The van der Waals surface area contributed by atoms with Crippen LogP contribution in [0.25, 0.3) is 44.9 Å². The molecule has 0 saturated carbocycles. The molecule has 368 valence electrons. The van der Waals surface area contributed by atoms with Crippen molar-refractivity contribution in [2.75, 3.05) is 0 Å². The van der Waals surface area contributed by atoms with Gasteiger partial charge in [-0.1, -0.05) is 155 Å². The van der Waals surface area contributed by atoms with Gasteiger partial charge in [0.2, 0.25) is 0 Å². The molecule has 72 heavy (non-hydrogen) atoms. The second-order valence-corrected chi connectivity index (χ2v) is 22.8. The molecule has 2 heterocycles. The smallest absolute Gasteiger partial charge is 0.308 e. The molecular weight excluding hydrogens is 911 g/mol. The first-order valence-corrected chi connectivity index (χ1v) is 24.1. The van der Waals surface area contributed by atoms with E-state index in [1.54, 1.807) is 0 Å². The zero-order valence-corrected chi connectivity index (χ0v) is 43.0. The number of hydrogen-bond acceptors (Lipinski definition) is 0. The summed E-state index contributed by atoms with van der Waals surface area (Å²) in [6, 6.07) is 43.6. The normalized spacial score (nSPS) is 12.6. The molecule has 6 aromatic carbocycles. The molecule has 0 aliphatic rings. The third kappa shape index (κ3) is 10.8. The van der Waals surface area contributed by atoms with Crippen molar-refractivity contribution in [3.8, 4) is 57.6 Å². The molecule has 0 bridgehead atoms. The van der Waals surface area contributed by atoms with Crippen LogP contribution in [0.2, 0.25) is 0 Å². The average Bonchev–Trinajstić information content (AvgIpc) is 3.85. The van der Waals surface area contributed by atoms with Crippen LogP contribution in [-0.2, 0) is 34.0 Å². The first-order chi connectivity index (χ1) is 33.5. The molecular formula is C64H60F6N2. The van der Waals surface area contributed by atoms with Crippen molar-refractivity contribution in [1.82, 2.24) is 9.13 Å². The summed E-state index contributed by atoms with van der Waals surface area (Å²) in [5, 5.41) is 0. The zero-order chi connectivity index (χ0) is 52.3. The molecule has 0 unspecified atom stereocenters. The van der Waals surface area contributed by atoms with Gasteiger partial charge in [0.1, 0.15) is 0 Å². The fourth-order valence-corrected chi connectivity index (χ4v) is 8.71. The maximum absolute atomic E-state index is 13.5. The van der Waals surface area contributed by atoms with Gasteiger partial charge in [-0.05, 0) is 141 Å². The lowest BCUT2D eigenvalue weighted by atomic mass is 9.80. The second-order valence-electron chi connectivity index (χ2n) is 22.8. The van der Waals surface area contributed by atoms with E-state index in [9.17, 15) is 26.3 Å². The summed E-state index contributed by atoms with van der Waals surface area (Å²) in [7, 11) is 0. The lowest BCUT2D eigenvalue weighted by Crippen LogP contribution is -2.17. The predicted octanol–water partition coefficient (Wildman–Crippen LogP) is 17.8. The van der Waals surface area contributed by atoms with E-state index in [0.29, 0.717) is 22.3 Å². The van der Waals surface area contributed by atoms with Gasteiger partial charge in [0.25, 0.3) is 0 Å². The van der Waals surface area contributed by atoms with E-state index in [0.717, 1.165) is 91.4 Å². The van der Waals surface area contributed by atoms with Crippen molar-refractivity contribution >= 4 is 11.0 Å². The van der Waals surface area contributed by atoms with Gasteiger partial charge in [0.05, 0.1) is 33.5 Å². The Kier molecular flexibility index (Phi) is 13.1. The number of hydrogen-bond donors (Lipinski definition) is 0. The first kappa shape index (κ1) is 51.2. The maximum atomic E-state index is 13.5. The fraction of sp³-hybridized carbons (Fsp3) is 0.281. The maximum Gasteiger partial charge on any atom is 0.416 e. The fourth-order valence-electron chi connectivity index (χ4n) is 8.71. The van der Waals surface area contributed by atoms with Gasteiger partial charge < -0.3 is 9.13 Å². The van der Waals surface area contributed by atoms with E-state index >= 15 is 0 Å². The molecule has 2 aromatic heterocycles. The number of halogens is 6. The Morgan fingerprint density at radius 1 is 0.319 bits per heavy atom. The van der Waals surface area contributed by atoms with Gasteiger partial charge in [-0.2, -0.15) is 26.3 Å². The van der Waals surface area contributed by atoms with Crippen LogP contribution in [0.5, 0.6) is 0 Å². The summed E-state index contributed by atoms with van der Waals surface area (Å²) in [6.45, 7) is 26.5. The third-order valence-electron chi connectivity index (χ3n) is 13.1. The van der Waals surface area contributed by atoms with Crippen LogP contribution in [0.3, 0.4) is 0 Å². The first-order valence-electron chi connectivity index (χ1n) is 24.1. The molecule has 0 aliphatic heterocycles. The Bertz CT molecular complexity index is 3150. The van der Waals surface area contributed by atoms with E-state index in [-0.39, 0.29) is 21.7 Å². The topological polar surface area (TPSA) is 9.86 Å². The molecule has 0 amide bonds. The zero-order valence-electron chi connectivity index (χ0n) is 43.0. The molecule has 0 spiro atoms. The van der Waals surface area contributed by atoms with Crippen LogP contribution >= 0.6 is 0 Å². The van der Waals surface area contributed by atoms with E-state index in [1.807, 2.05) is 48.5 Å². The Hall–Kier alpha value is -7.16. The van der Waals surface area contributed by atoms with Crippen molar-refractivity contribution in [3.63, 3.8) is 0 Å². The molecule has 8 aromatic rings. The highest BCUT2D eigenvalue weighted by Gasteiger charge is 2.32. The lowest BCUT2D eigenvalue weighted by Gasteiger charge is -2.27. The SMILES string of the molecule is CC(C)(C)c1cc(-n2c(-c3ccccc3C#Cc3ccc(C(F)(F)F)cc3)cc3c2cc(-c2ccccc2C#Cc2ccc(C(F)(F)F)cc2)n3-c2cc(C(C)(C)C)cc(C(C)(C)C)c2)cc(C(C)(C)C)c1. The lowest BCUT2D eigenvalue weighted by molar-refractivity contribution is -0.138. The molecule has 8 rings (SSSR count). The van der Waals surface area contributed by atoms with Crippen LogP contribution in [-0.4, -0.2) is 9.13 Å². The number of fused-ring (bicyclic) bond motifs is 1. The van der Waals surface area contributed by atoms with Gasteiger partial charge in [0, 0.05) is 44.8 Å². The number of nitrogens with zero attached hydrogens (tertiary/aromatic N) is 2. The monoisotopic (exact) mass is 970 g/mol. The Balaban J connectivity index is 1.48. The minimum absolute atomic E-state index is 0.216. The molecule has 0 saturated heterocycles. The summed E-state index contributed by atoms with van der Waals surface area (Å²) in [6.07, 6.45) is -8.92. The van der Waals surface area contributed by atoms with Crippen molar-refractivity contribution in [2.24, 2.45) is 0 Å². The van der Waals surface area contributed by atoms with Crippen LogP contribution in [0.1, 0.15) is 139 Å². The number of rotatable bonds is 4. The highest BCUT2D eigenvalue weighted by atomic mass is 19.4. The largest absolute Gasteiger partial charge is 0.416 e. The second kappa shape index (κ2) is 18.5. The molecule has 0 N–H and O–H groups in total. The van der Waals surface area contributed by atoms with Gasteiger partial charge in [-0.3, -0.25) is 0 Å². The molecule has 0 aliphatic carbocycles. The van der Waals surface area contributed by atoms with Crippen LogP contribution in [0.15, 0.2) is 146 Å². The molecule has 8 heteroatoms. The summed E-state index contributed by atoms with van der Waals surface area (Å²) in [4.78, 5) is 0. The average molecular weight is 971 g/mol. The minimum atomic E-state index is -4.46. The summed E-state index contributed by atoms with van der Waals surface area (Å²) in [5.41, 5.74) is 11.7. The van der Waals surface area contributed by atoms with E-state index in [2.05, 4.69) is 164 Å². The quantitative estimate of drug-likeness (QED) is 0.123. The number of aromatic nitrogens is 2. The van der Waals surface area contributed by atoms with Crippen LogP contribution in [0, 0.1) is 23.7 Å². The Labute approximate surface area is 420 Å². The molecule has 0 fully saturated rings. The summed E-state index contributed by atoms with van der Waals surface area (Å²) < 4.78 is 85.7. The Morgan fingerprint density at radius 3 is 0.889 bits per heavy atom. The summed E-state index contributed by atoms with van der Waals surface area (Å²) in [5.74, 6) is 13.0. The highest BCUT2D eigenvalue weighted by Crippen LogP contribution is 2.43. The van der Waals surface area contributed by atoms with Gasteiger partial charge in [-0.25, -0.2) is 0 Å². The highest BCUT2D eigenvalue weighted by molar-refractivity contribution is 5.95. The predicted molar refractivity (Wildman–Crippen MR) is 283 cm³/mol. The van der Waals surface area contributed by atoms with E-state index < -0.39 is 23.5 Å². The summed E-state index contributed by atoms with van der Waals surface area (Å²) >= 11 is 0. The molecule has 0 atom stereocenters. The standard InChI is InChI=1S/C64H60F6N2/c1-59(2,3)47-33-48(60(4,5)6)36-51(35-47)71-55(53-19-15-13-17-43(53)27-21-41-23-29-45(30-24-41)63(65,66)67)39-58-57(71)40-56(72(58)52-37-49(61(7,8)9)34-50(38-52)62(10,11)12)54-20-16-14-18-44(54)28-22-42-25-31-46(32-26-42)64(68,69)70/h13-20,23-26,29-40H,1-12H3. The van der Waals surface area contributed by atoms with E-state index in [4.69, 9.17) is 0 Å². The van der Waals surface area contributed by atoms with Gasteiger partial charge in [0.15, 0.2) is 0 Å². The van der Waals surface area contributed by atoms with Gasteiger partial charge >= 0.3 is 12.4 Å². The third-order valence-corrected chi connectivity index (χ3v) is 13.1. The van der Waals surface area contributed by atoms with Crippen molar-refractivity contribution in [2.45, 2.75) is 117 Å². The van der Waals surface area contributed by atoms with Crippen molar-refractivity contribution < 1.29 is 26.3 Å². The minimum Gasteiger partial charge on any atom is -0.308 e. The molecule has 0 radical (unpaired) electrons. The van der Waals surface area contributed by atoms with Crippen molar-refractivity contribution in [3.05, 3.63) is 201 Å². The number of alkyl halides is 6. The van der Waals surface area contributed by atoms with Crippen LogP contribution < -0.4 is 0 Å².